The number of amides is 1. The number of nitrogens with one attached hydrogen (secondary N) is 1. The molecular weight excluding hydrogens is 422 g/mol. The first-order valence-corrected chi connectivity index (χ1v) is 8.35. The van der Waals surface area contributed by atoms with Crippen LogP contribution in [0.1, 0.15) is 18.7 Å². The van der Waals surface area contributed by atoms with Crippen LogP contribution < -0.4 is 19.5 Å². The van der Waals surface area contributed by atoms with E-state index in [0.717, 1.165) is 12.3 Å². The van der Waals surface area contributed by atoms with E-state index in [1.54, 1.807) is 6.92 Å². The summed E-state index contributed by atoms with van der Waals surface area (Å²) in [6, 6.07) is 6.94. The zero-order valence-electron chi connectivity index (χ0n) is 15.4. The van der Waals surface area contributed by atoms with Gasteiger partial charge in [0, 0.05) is 0 Å². The van der Waals surface area contributed by atoms with Gasteiger partial charge in [0.2, 0.25) is 0 Å². The van der Waals surface area contributed by atoms with E-state index in [0.29, 0.717) is 5.69 Å². The fourth-order valence-corrected chi connectivity index (χ4v) is 2.18. The first-order valence-electron chi connectivity index (χ1n) is 8.35. The molecular formula is C18H16F6N2O4. The smallest absolute Gasteiger partial charge is 0.483 e. The molecule has 30 heavy (non-hydrogen) atoms. The highest BCUT2D eigenvalue weighted by molar-refractivity contribution is 5.78. The van der Waals surface area contributed by atoms with Crippen LogP contribution in [0.2, 0.25) is 0 Å². The zero-order valence-corrected chi connectivity index (χ0v) is 15.4. The summed E-state index contributed by atoms with van der Waals surface area (Å²) < 4.78 is 87.0. The highest BCUT2D eigenvalue weighted by Gasteiger charge is 2.32. The molecule has 0 aliphatic carbocycles. The Morgan fingerprint density at radius 2 is 1.70 bits per heavy atom. The number of rotatable bonds is 8. The predicted molar refractivity (Wildman–Crippen MR) is 91.0 cm³/mol. The van der Waals surface area contributed by atoms with Crippen LogP contribution in [0.25, 0.3) is 0 Å². The van der Waals surface area contributed by atoms with Gasteiger partial charge in [0.15, 0.2) is 24.7 Å². The van der Waals surface area contributed by atoms with Gasteiger partial charge in [0.05, 0.1) is 17.9 Å². The monoisotopic (exact) mass is 438 g/mol. The highest BCUT2D eigenvalue weighted by atomic mass is 19.4. The molecule has 0 spiro atoms. The van der Waals surface area contributed by atoms with Crippen LogP contribution in [0, 0.1) is 0 Å². The summed E-state index contributed by atoms with van der Waals surface area (Å²) in [7, 11) is 0. The molecule has 1 N–H and O–H groups in total. The van der Waals surface area contributed by atoms with E-state index in [9.17, 15) is 31.1 Å². The standard InChI is InChI=1S/C18H16F6N2O4/c1-11(13-7-6-12(8-25-13)29-10-17(19,20)21)26-16(27)9-28-14-4-2-3-5-15(14)30-18(22,23)24/h2-8,11H,9-10H2,1H3,(H,26,27). The Kier molecular flexibility index (Phi) is 7.35. The molecule has 164 valence electrons. The van der Waals surface area contributed by atoms with Gasteiger partial charge in [-0.3, -0.25) is 9.78 Å². The molecule has 0 radical (unpaired) electrons. The third-order valence-electron chi connectivity index (χ3n) is 3.42. The van der Waals surface area contributed by atoms with Crippen LogP contribution in [0.3, 0.4) is 0 Å². The lowest BCUT2D eigenvalue weighted by molar-refractivity contribution is -0.275. The van der Waals surface area contributed by atoms with Gasteiger partial charge in [0.1, 0.15) is 5.75 Å². The summed E-state index contributed by atoms with van der Waals surface area (Å²) in [6.07, 6.45) is -8.33. The van der Waals surface area contributed by atoms with Crippen molar-refractivity contribution in [3.8, 4) is 17.2 Å². The number of para-hydroxylation sites is 2. The molecule has 0 aliphatic rings. The maximum atomic E-state index is 12.4. The molecule has 1 aromatic carbocycles. The third-order valence-corrected chi connectivity index (χ3v) is 3.42. The lowest BCUT2D eigenvalue weighted by Gasteiger charge is -2.16. The van der Waals surface area contributed by atoms with Crippen LogP contribution in [0.4, 0.5) is 26.3 Å². The van der Waals surface area contributed by atoms with E-state index in [1.165, 1.54) is 30.3 Å². The molecule has 12 heteroatoms. The molecule has 1 aromatic heterocycles. The van der Waals surface area contributed by atoms with Crippen molar-refractivity contribution < 1.29 is 45.3 Å². The fraction of sp³-hybridized carbons (Fsp3) is 0.333. The first kappa shape index (κ1) is 23.1. The van der Waals surface area contributed by atoms with Gasteiger partial charge in [0.25, 0.3) is 5.91 Å². The minimum atomic E-state index is -4.92. The van der Waals surface area contributed by atoms with Crippen LogP contribution >= 0.6 is 0 Å². The van der Waals surface area contributed by atoms with E-state index >= 15 is 0 Å². The van der Waals surface area contributed by atoms with E-state index < -0.39 is 43.5 Å². The highest BCUT2D eigenvalue weighted by Crippen LogP contribution is 2.31. The Hall–Kier alpha value is -3.18. The second-order valence-corrected chi connectivity index (χ2v) is 5.90. The summed E-state index contributed by atoms with van der Waals surface area (Å²) in [5, 5.41) is 2.50. The van der Waals surface area contributed by atoms with Crippen LogP contribution in [-0.4, -0.2) is 36.6 Å². The molecule has 1 unspecified atom stereocenters. The van der Waals surface area contributed by atoms with Crippen LogP contribution in [0.15, 0.2) is 42.6 Å². The number of nitrogens with zero attached hydrogens (tertiary/aromatic N) is 1. The number of halogens is 6. The number of pyridine rings is 1. The minimum absolute atomic E-state index is 0.0980. The van der Waals surface area contributed by atoms with Gasteiger partial charge in [-0.15, -0.1) is 13.2 Å². The summed E-state index contributed by atoms with van der Waals surface area (Å²) in [5.74, 6) is -1.63. The van der Waals surface area contributed by atoms with Crippen LogP contribution in [-0.2, 0) is 4.79 Å². The van der Waals surface area contributed by atoms with Crippen molar-refractivity contribution in [1.29, 1.82) is 0 Å². The Balaban J connectivity index is 1.88. The van der Waals surface area contributed by atoms with Gasteiger partial charge >= 0.3 is 12.5 Å². The largest absolute Gasteiger partial charge is 0.573 e. The van der Waals surface area contributed by atoms with E-state index in [1.807, 2.05) is 0 Å². The predicted octanol–water partition coefficient (Wildman–Crippen LogP) is 4.18. The number of hydrogen-bond acceptors (Lipinski definition) is 5. The molecule has 1 atom stereocenters. The maximum Gasteiger partial charge on any atom is 0.573 e. The number of carbonyl (C=O) groups excluding carboxylic acids is 1. The van der Waals surface area contributed by atoms with E-state index in [-0.39, 0.29) is 11.5 Å². The number of hydrogen-bond donors (Lipinski definition) is 1. The molecule has 0 saturated heterocycles. The fourth-order valence-electron chi connectivity index (χ4n) is 2.18. The van der Waals surface area contributed by atoms with Gasteiger partial charge < -0.3 is 19.5 Å². The zero-order chi connectivity index (χ0) is 22.4. The van der Waals surface area contributed by atoms with Crippen molar-refractivity contribution in [3.63, 3.8) is 0 Å². The van der Waals surface area contributed by atoms with Gasteiger partial charge in [-0.05, 0) is 31.2 Å². The van der Waals surface area contributed by atoms with Crippen molar-refractivity contribution in [2.75, 3.05) is 13.2 Å². The molecule has 1 amide bonds. The van der Waals surface area contributed by atoms with Crippen molar-refractivity contribution in [2.24, 2.45) is 0 Å². The molecule has 2 aromatic rings. The van der Waals surface area contributed by atoms with Crippen molar-refractivity contribution >= 4 is 5.91 Å². The molecule has 0 saturated carbocycles. The van der Waals surface area contributed by atoms with E-state index in [2.05, 4.69) is 19.8 Å². The Labute approximate surface area is 166 Å². The van der Waals surface area contributed by atoms with Gasteiger partial charge in [-0.25, -0.2) is 0 Å². The SMILES string of the molecule is CC(NC(=O)COc1ccccc1OC(F)(F)F)c1ccc(OCC(F)(F)F)cn1. The Bertz CT molecular complexity index is 840. The van der Waals surface area contributed by atoms with Crippen molar-refractivity contribution in [3.05, 3.63) is 48.3 Å². The molecule has 0 aliphatic heterocycles. The Morgan fingerprint density at radius 1 is 1.03 bits per heavy atom. The number of ether oxygens (including phenoxy) is 3. The quantitative estimate of drug-likeness (QED) is 0.627. The second-order valence-electron chi connectivity index (χ2n) is 5.90. The summed E-state index contributed by atoms with van der Waals surface area (Å²) >= 11 is 0. The number of alkyl halides is 6. The molecule has 6 nitrogen and oxygen atoms in total. The average molecular weight is 438 g/mol. The van der Waals surface area contributed by atoms with Crippen molar-refractivity contribution in [2.45, 2.75) is 25.5 Å². The summed E-state index contributed by atoms with van der Waals surface area (Å²) in [6.45, 7) is -0.510. The molecule has 2 rings (SSSR count). The minimum Gasteiger partial charge on any atom is -0.483 e. The lowest BCUT2D eigenvalue weighted by atomic mass is 10.2. The maximum absolute atomic E-state index is 12.4. The Morgan fingerprint density at radius 3 is 2.27 bits per heavy atom. The first-order chi connectivity index (χ1) is 13.9. The lowest BCUT2D eigenvalue weighted by Crippen LogP contribution is -2.31. The molecule has 1 heterocycles. The molecule has 0 fully saturated rings. The van der Waals surface area contributed by atoms with Gasteiger partial charge in [-0.2, -0.15) is 13.2 Å². The number of carbonyl (C=O) groups is 1. The number of benzene rings is 1. The molecule has 0 bridgehead atoms. The van der Waals surface area contributed by atoms with Gasteiger partial charge in [-0.1, -0.05) is 12.1 Å². The third kappa shape index (κ3) is 8.05. The van der Waals surface area contributed by atoms with E-state index in [4.69, 9.17) is 4.74 Å². The summed E-state index contributed by atoms with van der Waals surface area (Å²) in [5.41, 5.74) is 0.323. The summed E-state index contributed by atoms with van der Waals surface area (Å²) in [4.78, 5) is 15.9. The number of aromatic nitrogens is 1. The van der Waals surface area contributed by atoms with Crippen LogP contribution in [0.5, 0.6) is 17.2 Å². The van der Waals surface area contributed by atoms with Crippen molar-refractivity contribution in [1.82, 2.24) is 10.3 Å². The normalized spacial score (nSPS) is 12.8. The average Bonchev–Trinajstić information content (AvgIpc) is 2.64. The topological polar surface area (TPSA) is 69.7 Å². The second kappa shape index (κ2) is 9.55.